The Balaban J connectivity index is 1.47. The molecule has 2 heterocycles. The highest BCUT2D eigenvalue weighted by Gasteiger charge is 2.19. The van der Waals surface area contributed by atoms with E-state index < -0.39 is 0 Å². The van der Waals surface area contributed by atoms with Crippen LogP contribution in [-0.2, 0) is 18.3 Å². The van der Waals surface area contributed by atoms with Gasteiger partial charge in [-0.3, -0.25) is 20.4 Å². The number of carbonyl (C=O) groups excluding carboxylic acids is 2. The van der Waals surface area contributed by atoms with Crippen molar-refractivity contribution in [2.45, 2.75) is 20.3 Å². The number of halogens is 2. The number of hydrazine groups is 1. The largest absolute Gasteiger partial charge is 0.350 e. The van der Waals surface area contributed by atoms with Crippen LogP contribution in [0.1, 0.15) is 27.3 Å². The highest BCUT2D eigenvalue weighted by Crippen LogP contribution is 2.27. The second kappa shape index (κ2) is 8.68. The van der Waals surface area contributed by atoms with Gasteiger partial charge in [0.15, 0.2) is 0 Å². The number of benzene rings is 2. The van der Waals surface area contributed by atoms with Crippen LogP contribution in [0.3, 0.4) is 0 Å². The van der Waals surface area contributed by atoms with E-state index in [-0.39, 0.29) is 18.2 Å². The van der Waals surface area contributed by atoms with Crippen LogP contribution in [0.2, 0.25) is 10.0 Å². The van der Waals surface area contributed by atoms with E-state index in [2.05, 4.69) is 16.0 Å². The minimum atomic E-state index is -0.382. The summed E-state index contributed by atoms with van der Waals surface area (Å²) in [7, 11) is 1.87. The van der Waals surface area contributed by atoms with Crippen molar-refractivity contribution in [2.75, 3.05) is 0 Å². The number of aromatic nitrogens is 3. The topological polar surface area (TPSA) is 81.0 Å². The summed E-state index contributed by atoms with van der Waals surface area (Å²) < 4.78 is 3.56. The summed E-state index contributed by atoms with van der Waals surface area (Å²) in [6, 6.07) is 12.7. The summed E-state index contributed by atoms with van der Waals surface area (Å²) in [5.41, 5.74) is 9.33. The van der Waals surface area contributed by atoms with Crippen LogP contribution in [0.4, 0.5) is 0 Å². The minimum Gasteiger partial charge on any atom is -0.350 e. The standard InChI is InChI=1S/C23H21Cl2N5O2/c1-13-17(14(2)30(28-13)21-9-8-15(24)10-19(21)25)11-22(31)26-27-23(32)18-12-29(3)20-7-5-4-6-16(18)20/h4-10,12H,11H2,1-3H3,(H,26,31)(H,27,32). The first kappa shape index (κ1) is 21.9. The molecule has 0 spiro atoms. The summed E-state index contributed by atoms with van der Waals surface area (Å²) in [4.78, 5) is 25.2. The van der Waals surface area contributed by atoms with Gasteiger partial charge in [-0.2, -0.15) is 5.10 Å². The Morgan fingerprint density at radius 3 is 2.56 bits per heavy atom. The fourth-order valence-electron chi connectivity index (χ4n) is 3.74. The molecule has 2 aromatic heterocycles. The predicted molar refractivity (Wildman–Crippen MR) is 125 cm³/mol. The zero-order valence-electron chi connectivity index (χ0n) is 17.7. The fraction of sp³-hybridized carbons (Fsp3) is 0.174. The van der Waals surface area contributed by atoms with Crippen molar-refractivity contribution in [2.24, 2.45) is 7.05 Å². The van der Waals surface area contributed by atoms with Crippen molar-refractivity contribution in [3.8, 4) is 5.69 Å². The van der Waals surface area contributed by atoms with E-state index in [9.17, 15) is 9.59 Å². The maximum atomic E-state index is 12.6. The van der Waals surface area contributed by atoms with Gasteiger partial charge in [-0.05, 0) is 38.1 Å². The molecule has 2 N–H and O–H groups in total. The van der Waals surface area contributed by atoms with Crippen molar-refractivity contribution < 1.29 is 9.59 Å². The zero-order valence-corrected chi connectivity index (χ0v) is 19.3. The number of hydrogen-bond donors (Lipinski definition) is 2. The Bertz CT molecular complexity index is 1360. The first-order valence-electron chi connectivity index (χ1n) is 9.90. The number of nitrogens with zero attached hydrogens (tertiary/aromatic N) is 3. The molecule has 0 unspecified atom stereocenters. The second-order valence-electron chi connectivity index (χ2n) is 7.51. The number of para-hydroxylation sites is 1. The van der Waals surface area contributed by atoms with Gasteiger partial charge in [0, 0.05) is 40.4 Å². The molecule has 32 heavy (non-hydrogen) atoms. The van der Waals surface area contributed by atoms with Gasteiger partial charge in [-0.1, -0.05) is 41.4 Å². The molecule has 4 rings (SSSR count). The van der Waals surface area contributed by atoms with Gasteiger partial charge >= 0.3 is 0 Å². The molecule has 2 aromatic carbocycles. The molecule has 0 atom stereocenters. The third kappa shape index (κ3) is 4.09. The highest BCUT2D eigenvalue weighted by molar-refractivity contribution is 6.35. The number of rotatable bonds is 4. The Hall–Kier alpha value is -3.29. The second-order valence-corrected chi connectivity index (χ2v) is 8.35. The predicted octanol–water partition coefficient (Wildman–Crippen LogP) is 4.29. The quantitative estimate of drug-likeness (QED) is 0.437. The number of amides is 2. The maximum Gasteiger partial charge on any atom is 0.271 e. The number of aryl methyl sites for hydroxylation is 2. The summed E-state index contributed by atoms with van der Waals surface area (Å²) in [5, 5.41) is 6.33. The molecule has 9 heteroatoms. The first-order chi connectivity index (χ1) is 15.3. The van der Waals surface area contributed by atoms with Crippen LogP contribution >= 0.6 is 23.2 Å². The summed E-state index contributed by atoms with van der Waals surface area (Å²) in [6.45, 7) is 3.69. The van der Waals surface area contributed by atoms with E-state index in [1.165, 1.54) is 0 Å². The Labute approximate surface area is 194 Å². The Morgan fingerprint density at radius 2 is 1.81 bits per heavy atom. The lowest BCUT2D eigenvalue weighted by Crippen LogP contribution is -2.42. The summed E-state index contributed by atoms with van der Waals surface area (Å²) in [6.07, 6.45) is 1.79. The lowest BCUT2D eigenvalue weighted by Gasteiger charge is -2.09. The van der Waals surface area contributed by atoms with Crippen molar-refractivity contribution in [3.05, 3.63) is 81.2 Å². The van der Waals surface area contributed by atoms with Gasteiger partial charge in [0.25, 0.3) is 5.91 Å². The Morgan fingerprint density at radius 1 is 1.06 bits per heavy atom. The van der Waals surface area contributed by atoms with Crippen LogP contribution in [0.5, 0.6) is 0 Å². The molecule has 0 radical (unpaired) electrons. The van der Waals surface area contributed by atoms with Gasteiger partial charge in [-0.25, -0.2) is 4.68 Å². The van der Waals surface area contributed by atoms with Crippen LogP contribution in [0.25, 0.3) is 16.6 Å². The van der Waals surface area contributed by atoms with Gasteiger partial charge in [0.1, 0.15) is 0 Å². The molecular weight excluding hydrogens is 449 g/mol. The van der Waals surface area contributed by atoms with E-state index in [0.717, 1.165) is 22.2 Å². The van der Waals surface area contributed by atoms with E-state index in [0.29, 0.717) is 27.0 Å². The maximum absolute atomic E-state index is 12.6. The lowest BCUT2D eigenvalue weighted by molar-refractivity contribution is -0.121. The van der Waals surface area contributed by atoms with Gasteiger partial charge in [0.05, 0.1) is 28.4 Å². The molecule has 2 amide bonds. The van der Waals surface area contributed by atoms with E-state index in [4.69, 9.17) is 23.2 Å². The van der Waals surface area contributed by atoms with E-state index >= 15 is 0 Å². The number of fused-ring (bicyclic) bond motifs is 1. The van der Waals surface area contributed by atoms with Crippen LogP contribution in [0.15, 0.2) is 48.7 Å². The molecule has 0 aliphatic rings. The Kier molecular flexibility index (Phi) is 5.95. The van der Waals surface area contributed by atoms with Crippen LogP contribution < -0.4 is 10.9 Å². The molecule has 0 saturated carbocycles. The molecular formula is C23H21Cl2N5O2. The SMILES string of the molecule is Cc1nn(-c2ccc(Cl)cc2Cl)c(C)c1CC(=O)NNC(=O)c1cn(C)c2ccccc12. The fourth-order valence-corrected chi connectivity index (χ4v) is 4.23. The van der Waals surface area contributed by atoms with Gasteiger partial charge in [0.2, 0.25) is 5.91 Å². The molecule has 0 bridgehead atoms. The average Bonchev–Trinajstić information content (AvgIpc) is 3.24. The molecule has 7 nitrogen and oxygen atoms in total. The number of hydrogen-bond acceptors (Lipinski definition) is 3. The van der Waals surface area contributed by atoms with Crippen molar-refractivity contribution in [3.63, 3.8) is 0 Å². The molecule has 0 aliphatic heterocycles. The van der Waals surface area contributed by atoms with Crippen LogP contribution in [0, 0.1) is 13.8 Å². The number of nitrogens with one attached hydrogen (secondary N) is 2. The molecule has 0 fully saturated rings. The zero-order chi connectivity index (χ0) is 23.0. The van der Waals surface area contributed by atoms with Crippen molar-refractivity contribution in [1.82, 2.24) is 25.2 Å². The average molecular weight is 470 g/mol. The molecule has 0 saturated heterocycles. The van der Waals surface area contributed by atoms with Gasteiger partial charge in [-0.15, -0.1) is 0 Å². The summed E-state index contributed by atoms with van der Waals surface area (Å²) >= 11 is 12.3. The van der Waals surface area contributed by atoms with Crippen LogP contribution in [-0.4, -0.2) is 26.2 Å². The normalized spacial score (nSPS) is 11.0. The van der Waals surface area contributed by atoms with Crippen molar-refractivity contribution >= 4 is 45.9 Å². The van der Waals surface area contributed by atoms with E-state index in [1.807, 2.05) is 49.7 Å². The third-order valence-electron chi connectivity index (χ3n) is 5.37. The van der Waals surface area contributed by atoms with E-state index in [1.54, 1.807) is 29.1 Å². The molecule has 164 valence electrons. The minimum absolute atomic E-state index is 0.0543. The lowest BCUT2D eigenvalue weighted by atomic mass is 10.1. The molecule has 0 aliphatic carbocycles. The third-order valence-corrected chi connectivity index (χ3v) is 5.91. The smallest absolute Gasteiger partial charge is 0.271 e. The monoisotopic (exact) mass is 469 g/mol. The van der Waals surface area contributed by atoms with Gasteiger partial charge < -0.3 is 4.57 Å². The number of carbonyl (C=O) groups is 2. The summed E-state index contributed by atoms with van der Waals surface area (Å²) in [5.74, 6) is -0.737. The molecule has 4 aromatic rings. The highest BCUT2D eigenvalue weighted by atomic mass is 35.5. The van der Waals surface area contributed by atoms with Crippen molar-refractivity contribution in [1.29, 1.82) is 0 Å². The first-order valence-corrected chi connectivity index (χ1v) is 10.7.